The molecular formula is C23H19N5O. The van der Waals surface area contributed by atoms with Crippen molar-refractivity contribution in [3.8, 4) is 33.9 Å². The fraction of sp³-hybridized carbons (Fsp3) is 0.0870. The number of nitrogens with zero attached hydrogens (tertiary/aromatic N) is 2. The Morgan fingerprint density at radius 3 is 2.31 bits per heavy atom. The molecule has 0 aliphatic carbocycles. The molecule has 142 valence electrons. The predicted molar refractivity (Wildman–Crippen MR) is 113 cm³/mol. The van der Waals surface area contributed by atoms with Crippen molar-refractivity contribution in [2.75, 3.05) is 12.3 Å². The summed E-state index contributed by atoms with van der Waals surface area (Å²) in [6.07, 6.45) is 2.54. The van der Waals surface area contributed by atoms with Gasteiger partial charge in [0, 0.05) is 36.1 Å². The molecule has 6 heteroatoms. The molecule has 6 nitrogen and oxygen atoms in total. The van der Waals surface area contributed by atoms with Gasteiger partial charge in [-0.2, -0.15) is 0 Å². The second-order valence-electron chi connectivity index (χ2n) is 7.05. The third kappa shape index (κ3) is 3.25. The Morgan fingerprint density at radius 2 is 1.59 bits per heavy atom. The van der Waals surface area contributed by atoms with Gasteiger partial charge in [-0.1, -0.05) is 36.4 Å². The third-order valence-electron chi connectivity index (χ3n) is 5.12. The molecular weight excluding hydrogens is 362 g/mol. The van der Waals surface area contributed by atoms with E-state index in [2.05, 4.69) is 27.4 Å². The molecule has 3 heterocycles. The number of carbonyl (C=O) groups is 1. The van der Waals surface area contributed by atoms with E-state index in [1.165, 1.54) is 0 Å². The van der Waals surface area contributed by atoms with E-state index in [1.807, 2.05) is 48.5 Å². The number of amides is 1. The summed E-state index contributed by atoms with van der Waals surface area (Å²) in [4.78, 5) is 24.5. The number of nitrogens with two attached hydrogens (primary N) is 1. The molecule has 2 aromatic heterocycles. The van der Waals surface area contributed by atoms with Gasteiger partial charge in [-0.05, 0) is 35.4 Å². The van der Waals surface area contributed by atoms with Gasteiger partial charge in [-0.15, -0.1) is 0 Å². The largest absolute Gasteiger partial charge is 0.399 e. The number of nitrogen functional groups attached to an aromatic ring is 1. The van der Waals surface area contributed by atoms with Crippen LogP contribution in [0.15, 0.2) is 66.9 Å². The van der Waals surface area contributed by atoms with Crippen LogP contribution in [0.5, 0.6) is 0 Å². The van der Waals surface area contributed by atoms with Crippen LogP contribution in [0.4, 0.5) is 5.69 Å². The fourth-order valence-corrected chi connectivity index (χ4v) is 3.57. The van der Waals surface area contributed by atoms with E-state index >= 15 is 0 Å². The molecule has 5 rings (SSSR count). The summed E-state index contributed by atoms with van der Waals surface area (Å²) in [6, 6.07) is 19.6. The molecule has 1 aliphatic heterocycles. The maximum absolute atomic E-state index is 12.0. The molecule has 0 spiro atoms. The van der Waals surface area contributed by atoms with Crippen LogP contribution < -0.4 is 11.1 Å². The summed E-state index contributed by atoms with van der Waals surface area (Å²) in [5, 5.41) is 2.86. The molecule has 0 bridgehead atoms. The topological polar surface area (TPSA) is 96.7 Å². The van der Waals surface area contributed by atoms with Crippen molar-refractivity contribution in [1.82, 2.24) is 20.3 Å². The van der Waals surface area contributed by atoms with Crippen molar-refractivity contribution in [3.63, 3.8) is 0 Å². The van der Waals surface area contributed by atoms with Crippen LogP contribution in [0.25, 0.3) is 33.9 Å². The van der Waals surface area contributed by atoms with Crippen LogP contribution in [-0.2, 0) is 6.42 Å². The van der Waals surface area contributed by atoms with Crippen LogP contribution in [0, 0.1) is 0 Å². The highest BCUT2D eigenvalue weighted by Crippen LogP contribution is 2.26. The highest BCUT2D eigenvalue weighted by Gasteiger charge is 2.20. The molecule has 0 fully saturated rings. The number of benzene rings is 2. The standard InChI is InChI=1S/C23H19N5O/c24-17-7-5-15(6-8-17)14-1-3-16(4-2-14)22-25-11-10-20(28-22)21-13-18-19(27-21)9-12-26-23(18)29/h1-8,10-11,13,27H,9,12,24H2,(H,26,29). The zero-order chi connectivity index (χ0) is 19.8. The predicted octanol–water partition coefficient (Wildman–Crippen LogP) is 3.67. The Labute approximate surface area is 167 Å². The number of H-pyrrole nitrogens is 1. The maximum Gasteiger partial charge on any atom is 0.253 e. The first-order valence-electron chi connectivity index (χ1n) is 9.47. The number of nitrogens with one attached hydrogen (secondary N) is 2. The fourth-order valence-electron chi connectivity index (χ4n) is 3.57. The molecule has 29 heavy (non-hydrogen) atoms. The second-order valence-corrected chi connectivity index (χ2v) is 7.05. The van der Waals surface area contributed by atoms with Gasteiger partial charge in [0.05, 0.1) is 17.0 Å². The SMILES string of the molecule is Nc1ccc(-c2ccc(-c3nccc(-c4cc5c([nH]4)CCNC5=O)n3)cc2)cc1. The summed E-state index contributed by atoms with van der Waals surface area (Å²) >= 11 is 0. The van der Waals surface area contributed by atoms with E-state index in [0.717, 1.165) is 45.9 Å². The van der Waals surface area contributed by atoms with Gasteiger partial charge >= 0.3 is 0 Å². The van der Waals surface area contributed by atoms with Gasteiger partial charge < -0.3 is 16.0 Å². The van der Waals surface area contributed by atoms with Crippen molar-refractivity contribution >= 4 is 11.6 Å². The molecule has 0 atom stereocenters. The Bertz CT molecular complexity index is 1190. The molecule has 2 aromatic carbocycles. The summed E-state index contributed by atoms with van der Waals surface area (Å²) < 4.78 is 0. The highest BCUT2D eigenvalue weighted by molar-refractivity contribution is 5.97. The van der Waals surface area contributed by atoms with Gasteiger partial charge in [-0.3, -0.25) is 4.79 Å². The number of hydrogen-bond donors (Lipinski definition) is 3. The van der Waals surface area contributed by atoms with Crippen LogP contribution in [0.3, 0.4) is 0 Å². The van der Waals surface area contributed by atoms with Gasteiger partial charge in [0.15, 0.2) is 5.82 Å². The Hall–Kier alpha value is -3.93. The zero-order valence-electron chi connectivity index (χ0n) is 15.6. The highest BCUT2D eigenvalue weighted by atomic mass is 16.1. The number of aromatic nitrogens is 3. The number of fused-ring (bicyclic) bond motifs is 1. The zero-order valence-corrected chi connectivity index (χ0v) is 15.6. The average molecular weight is 381 g/mol. The number of aromatic amines is 1. The van der Waals surface area contributed by atoms with Crippen molar-refractivity contribution in [2.45, 2.75) is 6.42 Å². The lowest BCUT2D eigenvalue weighted by Gasteiger charge is -2.10. The summed E-state index contributed by atoms with van der Waals surface area (Å²) in [7, 11) is 0. The first-order valence-corrected chi connectivity index (χ1v) is 9.47. The van der Waals surface area contributed by atoms with Gasteiger partial charge in [-0.25, -0.2) is 9.97 Å². The van der Waals surface area contributed by atoms with E-state index in [0.29, 0.717) is 17.9 Å². The van der Waals surface area contributed by atoms with Crippen LogP contribution in [0.1, 0.15) is 16.1 Å². The molecule has 0 radical (unpaired) electrons. The molecule has 0 saturated carbocycles. The lowest BCUT2D eigenvalue weighted by molar-refractivity contribution is 0.0946. The minimum absolute atomic E-state index is 0.0405. The van der Waals surface area contributed by atoms with Gasteiger partial charge in [0.2, 0.25) is 0 Å². The molecule has 1 amide bonds. The summed E-state index contributed by atoms with van der Waals surface area (Å²) in [6.45, 7) is 0.654. The van der Waals surface area contributed by atoms with Crippen molar-refractivity contribution in [1.29, 1.82) is 0 Å². The lowest BCUT2D eigenvalue weighted by atomic mass is 10.0. The smallest absolute Gasteiger partial charge is 0.253 e. The number of anilines is 1. The van der Waals surface area contributed by atoms with Gasteiger partial charge in [0.1, 0.15) is 0 Å². The molecule has 4 N–H and O–H groups in total. The molecule has 0 unspecified atom stereocenters. The van der Waals surface area contributed by atoms with Crippen LogP contribution >= 0.6 is 0 Å². The average Bonchev–Trinajstić information content (AvgIpc) is 3.21. The Balaban J connectivity index is 1.45. The third-order valence-corrected chi connectivity index (χ3v) is 5.12. The van der Waals surface area contributed by atoms with E-state index in [9.17, 15) is 4.79 Å². The van der Waals surface area contributed by atoms with Crippen molar-refractivity contribution in [3.05, 3.63) is 78.1 Å². The minimum Gasteiger partial charge on any atom is -0.399 e. The first-order chi connectivity index (χ1) is 14.2. The number of hydrogen-bond acceptors (Lipinski definition) is 4. The second kappa shape index (κ2) is 6.91. The van der Waals surface area contributed by atoms with Crippen molar-refractivity contribution in [2.24, 2.45) is 0 Å². The maximum atomic E-state index is 12.0. The lowest BCUT2D eigenvalue weighted by Crippen LogP contribution is -2.31. The minimum atomic E-state index is -0.0405. The van der Waals surface area contributed by atoms with E-state index in [-0.39, 0.29) is 5.91 Å². The molecule has 4 aromatic rings. The van der Waals surface area contributed by atoms with E-state index in [1.54, 1.807) is 6.20 Å². The van der Waals surface area contributed by atoms with E-state index < -0.39 is 0 Å². The number of rotatable bonds is 3. The van der Waals surface area contributed by atoms with Crippen molar-refractivity contribution < 1.29 is 4.79 Å². The van der Waals surface area contributed by atoms with Gasteiger partial charge in [0.25, 0.3) is 5.91 Å². The Kier molecular flexibility index (Phi) is 4.09. The summed E-state index contributed by atoms with van der Waals surface area (Å²) in [5.74, 6) is 0.602. The van der Waals surface area contributed by atoms with E-state index in [4.69, 9.17) is 10.7 Å². The summed E-state index contributed by atoms with van der Waals surface area (Å²) in [5.41, 5.74) is 12.9. The quantitative estimate of drug-likeness (QED) is 0.472. The monoisotopic (exact) mass is 381 g/mol. The Morgan fingerprint density at radius 1 is 0.897 bits per heavy atom. The molecule has 0 saturated heterocycles. The number of carbonyl (C=O) groups excluding carboxylic acids is 1. The first kappa shape index (κ1) is 17.2. The normalized spacial score (nSPS) is 13.0. The van der Waals surface area contributed by atoms with Crippen LogP contribution in [-0.4, -0.2) is 27.4 Å². The van der Waals surface area contributed by atoms with Crippen LogP contribution in [0.2, 0.25) is 0 Å². The molecule has 1 aliphatic rings.